The molecule has 0 spiro atoms. The number of thiazole rings is 1. The van der Waals surface area contributed by atoms with Gasteiger partial charge in [-0.25, -0.2) is 14.6 Å². The number of nitrogens with two attached hydrogens (primary N) is 1. The second-order valence-corrected chi connectivity index (χ2v) is 8.68. The van der Waals surface area contributed by atoms with Crippen LogP contribution in [0.3, 0.4) is 0 Å². The lowest BCUT2D eigenvalue weighted by molar-refractivity contribution is 0.144. The molecule has 9 heteroatoms. The number of nitriles is 1. The van der Waals surface area contributed by atoms with E-state index in [-0.39, 0.29) is 6.61 Å². The first-order valence-electron chi connectivity index (χ1n) is 10.5. The van der Waals surface area contributed by atoms with Crippen LogP contribution in [0.2, 0.25) is 0 Å². The second kappa shape index (κ2) is 9.65. The van der Waals surface area contributed by atoms with Gasteiger partial charge in [-0.05, 0) is 41.0 Å². The van der Waals surface area contributed by atoms with E-state index in [9.17, 15) is 14.9 Å². The summed E-state index contributed by atoms with van der Waals surface area (Å²) in [7, 11) is 0. The Bertz CT molecular complexity index is 1300. The lowest BCUT2D eigenvalue weighted by Crippen LogP contribution is -2.36. The van der Waals surface area contributed by atoms with Crippen molar-refractivity contribution < 1.29 is 14.3 Å². The molecule has 1 saturated carbocycles. The molecule has 0 aliphatic heterocycles. The molecule has 0 unspecified atom stereocenters. The minimum atomic E-state index is -0.942. The number of nitrogens with one attached hydrogen (secondary N) is 2. The van der Waals surface area contributed by atoms with Gasteiger partial charge in [0.1, 0.15) is 12.4 Å². The van der Waals surface area contributed by atoms with E-state index in [1.54, 1.807) is 5.38 Å². The summed E-state index contributed by atoms with van der Waals surface area (Å²) in [6.07, 6.45) is 6.07. The van der Waals surface area contributed by atoms with Crippen molar-refractivity contribution >= 4 is 29.3 Å². The molecule has 2 aromatic carbocycles. The van der Waals surface area contributed by atoms with Gasteiger partial charge in [0.05, 0.1) is 17.5 Å². The SMILES string of the molecule is C#Cc1nc(NC(=O)N[C@@H](COC(N)=O)c2ccc(-c3ccccc3C3(C#N)CC3)cc2)cs1. The van der Waals surface area contributed by atoms with Gasteiger partial charge in [-0.15, -0.1) is 17.8 Å². The fraction of sp³-hybridized carbons (Fsp3) is 0.200. The van der Waals surface area contributed by atoms with Gasteiger partial charge in [0.25, 0.3) is 0 Å². The molecule has 1 aliphatic carbocycles. The highest BCUT2D eigenvalue weighted by Gasteiger charge is 2.46. The highest BCUT2D eigenvalue weighted by atomic mass is 32.1. The van der Waals surface area contributed by atoms with Crippen LogP contribution in [0.15, 0.2) is 53.9 Å². The molecule has 1 fully saturated rings. The number of primary amides is 1. The number of ether oxygens (including phenoxy) is 1. The van der Waals surface area contributed by atoms with E-state index in [4.69, 9.17) is 16.9 Å². The summed E-state index contributed by atoms with van der Waals surface area (Å²) in [5, 5.41) is 17.1. The quantitative estimate of drug-likeness (QED) is 0.442. The number of benzene rings is 2. The van der Waals surface area contributed by atoms with Crippen LogP contribution in [-0.2, 0) is 10.2 Å². The molecule has 8 nitrogen and oxygen atoms in total. The lowest BCUT2D eigenvalue weighted by atomic mass is 9.88. The molecule has 0 radical (unpaired) electrons. The third-order valence-electron chi connectivity index (χ3n) is 5.60. The van der Waals surface area contributed by atoms with Crippen molar-refractivity contribution in [3.8, 4) is 29.5 Å². The number of carbonyl (C=O) groups is 2. The fourth-order valence-electron chi connectivity index (χ4n) is 3.71. The van der Waals surface area contributed by atoms with Crippen LogP contribution >= 0.6 is 11.3 Å². The maximum Gasteiger partial charge on any atom is 0.404 e. The predicted octanol–water partition coefficient (Wildman–Crippen LogP) is 4.30. The number of urea groups is 1. The van der Waals surface area contributed by atoms with Crippen molar-refractivity contribution in [3.05, 3.63) is 70.0 Å². The normalized spacial score (nSPS) is 14.2. The number of rotatable bonds is 7. The van der Waals surface area contributed by atoms with Gasteiger partial charge in [-0.3, -0.25) is 5.32 Å². The summed E-state index contributed by atoms with van der Waals surface area (Å²) in [6.45, 7) is -0.150. The summed E-state index contributed by atoms with van der Waals surface area (Å²) in [5.41, 5.74) is 8.38. The van der Waals surface area contributed by atoms with E-state index in [2.05, 4.69) is 27.6 Å². The van der Waals surface area contributed by atoms with E-state index in [0.717, 1.165) is 29.5 Å². The van der Waals surface area contributed by atoms with Crippen molar-refractivity contribution in [3.63, 3.8) is 0 Å². The molecule has 0 bridgehead atoms. The van der Waals surface area contributed by atoms with E-state index >= 15 is 0 Å². The number of aromatic nitrogens is 1. The fourth-order valence-corrected chi connectivity index (χ4v) is 4.26. The van der Waals surface area contributed by atoms with E-state index in [1.165, 1.54) is 11.3 Å². The smallest absolute Gasteiger partial charge is 0.404 e. The Morgan fingerprint density at radius 2 is 1.97 bits per heavy atom. The van der Waals surface area contributed by atoms with Gasteiger partial charge in [-0.2, -0.15) is 5.26 Å². The molecule has 1 heterocycles. The number of carbonyl (C=O) groups excluding carboxylic acids is 2. The monoisotopic (exact) mass is 471 g/mol. The zero-order valence-electron chi connectivity index (χ0n) is 18.1. The Morgan fingerprint density at radius 3 is 2.59 bits per heavy atom. The first kappa shape index (κ1) is 22.8. The number of anilines is 1. The Hall–Kier alpha value is -4.34. The van der Waals surface area contributed by atoms with Crippen LogP contribution in [-0.4, -0.2) is 23.7 Å². The van der Waals surface area contributed by atoms with Gasteiger partial charge in [0, 0.05) is 5.38 Å². The van der Waals surface area contributed by atoms with E-state index in [1.807, 2.05) is 48.5 Å². The first-order valence-corrected chi connectivity index (χ1v) is 11.3. The van der Waals surface area contributed by atoms with Gasteiger partial charge in [0.2, 0.25) is 0 Å². The number of nitrogens with zero attached hydrogens (tertiary/aromatic N) is 2. The predicted molar refractivity (Wildman–Crippen MR) is 129 cm³/mol. The number of terminal acetylenes is 1. The van der Waals surface area contributed by atoms with Crippen molar-refractivity contribution in [2.75, 3.05) is 11.9 Å². The molecule has 4 rings (SSSR count). The summed E-state index contributed by atoms with van der Waals surface area (Å²) in [5.74, 6) is 2.73. The van der Waals surface area contributed by atoms with E-state index in [0.29, 0.717) is 16.4 Å². The molecular weight excluding hydrogens is 450 g/mol. The zero-order chi connectivity index (χ0) is 24.1. The minimum Gasteiger partial charge on any atom is -0.447 e. The van der Waals surface area contributed by atoms with Crippen LogP contribution in [0.5, 0.6) is 0 Å². The Morgan fingerprint density at radius 1 is 1.24 bits per heavy atom. The third-order valence-corrected chi connectivity index (χ3v) is 6.37. The molecule has 4 N–H and O–H groups in total. The second-order valence-electron chi connectivity index (χ2n) is 7.82. The number of hydrogen-bond acceptors (Lipinski definition) is 6. The average molecular weight is 472 g/mol. The molecule has 0 saturated heterocycles. The highest BCUT2D eigenvalue weighted by Crippen LogP contribution is 2.50. The Balaban J connectivity index is 1.54. The summed E-state index contributed by atoms with van der Waals surface area (Å²) in [4.78, 5) is 27.8. The molecular formula is C25H21N5O3S. The Kier molecular flexibility index (Phi) is 6.48. The van der Waals surface area contributed by atoms with Crippen molar-refractivity contribution in [1.29, 1.82) is 5.26 Å². The average Bonchev–Trinajstić information content (AvgIpc) is 3.53. The topological polar surface area (TPSA) is 130 Å². The van der Waals surface area contributed by atoms with Crippen LogP contribution in [0, 0.1) is 23.7 Å². The van der Waals surface area contributed by atoms with Gasteiger partial charge in [0.15, 0.2) is 5.01 Å². The van der Waals surface area contributed by atoms with Crippen LogP contribution in [0.1, 0.15) is 35.0 Å². The number of hydrogen-bond donors (Lipinski definition) is 3. The summed E-state index contributed by atoms with van der Waals surface area (Å²) in [6, 6.07) is 16.7. The molecule has 3 aromatic rings. The van der Waals surface area contributed by atoms with Crippen LogP contribution < -0.4 is 16.4 Å². The molecule has 1 aliphatic rings. The van der Waals surface area contributed by atoms with Crippen molar-refractivity contribution in [2.45, 2.75) is 24.3 Å². The van der Waals surface area contributed by atoms with Crippen molar-refractivity contribution in [2.24, 2.45) is 5.73 Å². The largest absolute Gasteiger partial charge is 0.447 e. The van der Waals surface area contributed by atoms with Crippen LogP contribution in [0.4, 0.5) is 15.4 Å². The minimum absolute atomic E-state index is 0.150. The molecule has 170 valence electrons. The van der Waals surface area contributed by atoms with Crippen molar-refractivity contribution in [1.82, 2.24) is 10.3 Å². The van der Waals surface area contributed by atoms with Gasteiger partial charge < -0.3 is 15.8 Å². The maximum absolute atomic E-state index is 12.5. The highest BCUT2D eigenvalue weighted by molar-refractivity contribution is 7.10. The molecule has 1 atom stereocenters. The summed E-state index contributed by atoms with van der Waals surface area (Å²) >= 11 is 1.23. The molecule has 3 amide bonds. The third kappa shape index (κ3) is 5.01. The summed E-state index contributed by atoms with van der Waals surface area (Å²) < 4.78 is 4.95. The standard InChI is InChI=1S/C25H21N5O3S/c1-2-22-29-21(14-34-22)30-24(32)28-20(13-33-23(27)31)17-9-7-16(8-10-17)18-5-3-4-6-19(18)25(15-26)11-12-25/h1,3-10,14,20H,11-13H2,(H2,27,31)(H2,28,30,32)/t20-/m0/s1. The molecule has 1 aromatic heterocycles. The van der Waals surface area contributed by atoms with Crippen LogP contribution in [0.25, 0.3) is 11.1 Å². The molecule has 34 heavy (non-hydrogen) atoms. The first-order chi connectivity index (χ1) is 16.4. The zero-order valence-corrected chi connectivity index (χ0v) is 18.9. The van der Waals surface area contributed by atoms with E-state index < -0.39 is 23.6 Å². The van der Waals surface area contributed by atoms with Gasteiger partial charge in [-0.1, -0.05) is 48.5 Å². The lowest BCUT2D eigenvalue weighted by Gasteiger charge is -2.20. The maximum atomic E-state index is 12.5. The van der Waals surface area contributed by atoms with Gasteiger partial charge >= 0.3 is 12.1 Å². The Labute approximate surface area is 200 Å². The number of amides is 3.